The lowest BCUT2D eigenvalue weighted by Gasteiger charge is -2.15. The topological polar surface area (TPSA) is 54.5 Å². The highest BCUT2D eigenvalue weighted by Crippen LogP contribution is 2.33. The number of pyridine rings is 1. The van der Waals surface area contributed by atoms with Crippen molar-refractivity contribution in [1.82, 2.24) is 9.88 Å². The minimum absolute atomic E-state index is 0.0888. The molecule has 0 saturated carbocycles. The number of aromatic nitrogens is 1. The lowest BCUT2D eigenvalue weighted by Crippen LogP contribution is -2.23. The Balaban J connectivity index is 1.80. The minimum atomic E-state index is -0.110. The molecule has 1 atom stereocenters. The minimum Gasteiger partial charge on any atom is -0.491 e. The van der Waals surface area contributed by atoms with Gasteiger partial charge in [0.05, 0.1) is 6.04 Å². The molecule has 108 valence electrons. The van der Waals surface area contributed by atoms with Gasteiger partial charge < -0.3 is 15.0 Å². The molecule has 0 aliphatic carbocycles. The summed E-state index contributed by atoms with van der Waals surface area (Å²) in [7, 11) is 3.43. The monoisotopic (exact) mass is 283 g/mol. The molecule has 1 aliphatic heterocycles. The number of ether oxygens (including phenoxy) is 1. The smallest absolute Gasteiger partial charge is 0.272 e. The molecule has 0 spiro atoms. The van der Waals surface area contributed by atoms with E-state index in [4.69, 9.17) is 4.74 Å². The van der Waals surface area contributed by atoms with Gasteiger partial charge in [0.25, 0.3) is 5.91 Å². The summed E-state index contributed by atoms with van der Waals surface area (Å²) in [5.74, 6) is 0.801. The van der Waals surface area contributed by atoms with Crippen LogP contribution < -0.4 is 10.1 Å². The van der Waals surface area contributed by atoms with Crippen molar-refractivity contribution in [2.45, 2.75) is 6.04 Å². The van der Waals surface area contributed by atoms with Crippen LogP contribution in [0.5, 0.6) is 5.75 Å². The predicted octanol–water partition coefficient (Wildman–Crippen LogP) is 2.33. The van der Waals surface area contributed by atoms with Gasteiger partial charge in [-0.05, 0) is 18.2 Å². The zero-order chi connectivity index (χ0) is 14.8. The van der Waals surface area contributed by atoms with Crippen molar-refractivity contribution in [2.24, 2.45) is 0 Å². The fraction of sp³-hybridized carbons (Fsp3) is 0.250. The number of fused-ring (bicyclic) bond motifs is 1. The lowest BCUT2D eigenvalue weighted by molar-refractivity contribution is 0.0822. The summed E-state index contributed by atoms with van der Waals surface area (Å²) in [6.45, 7) is 0.582. The van der Waals surface area contributed by atoms with E-state index in [1.807, 2.05) is 30.3 Å². The second kappa shape index (κ2) is 5.44. The van der Waals surface area contributed by atoms with Crippen LogP contribution in [-0.4, -0.2) is 36.5 Å². The lowest BCUT2D eigenvalue weighted by atomic mass is 10.1. The first-order chi connectivity index (χ1) is 10.1. The third kappa shape index (κ3) is 2.67. The number of carbonyl (C=O) groups excluding carboxylic acids is 1. The molecular weight excluding hydrogens is 266 g/mol. The molecule has 1 N–H and O–H groups in total. The summed E-state index contributed by atoms with van der Waals surface area (Å²) in [5.41, 5.74) is 2.42. The van der Waals surface area contributed by atoms with Crippen LogP contribution in [0.25, 0.3) is 0 Å². The van der Waals surface area contributed by atoms with E-state index in [0.717, 1.165) is 17.0 Å². The Morgan fingerprint density at radius 1 is 1.33 bits per heavy atom. The first-order valence-electron chi connectivity index (χ1n) is 6.81. The first kappa shape index (κ1) is 13.4. The standard InChI is InChI=1S/C16H17N3O2/c1-19(2)16(20)13-9-11(7-8-17-13)18-14-10-21-15-6-4-3-5-12(14)15/h3-9,14H,10H2,1-2H3,(H,17,18). The normalized spacial score (nSPS) is 16.0. The quantitative estimate of drug-likeness (QED) is 0.939. The Hall–Kier alpha value is -2.56. The van der Waals surface area contributed by atoms with Gasteiger partial charge in [-0.25, -0.2) is 0 Å². The van der Waals surface area contributed by atoms with Gasteiger partial charge in [-0.2, -0.15) is 0 Å². The van der Waals surface area contributed by atoms with Crippen molar-refractivity contribution in [2.75, 3.05) is 26.0 Å². The van der Waals surface area contributed by atoms with E-state index in [1.165, 1.54) is 4.90 Å². The maximum absolute atomic E-state index is 11.9. The third-order valence-corrected chi connectivity index (χ3v) is 3.43. The number of rotatable bonds is 3. The molecule has 1 amide bonds. The second-order valence-corrected chi connectivity index (χ2v) is 5.18. The highest BCUT2D eigenvalue weighted by atomic mass is 16.5. The summed E-state index contributed by atoms with van der Waals surface area (Å²) in [6.07, 6.45) is 1.64. The number of hydrogen-bond donors (Lipinski definition) is 1. The van der Waals surface area contributed by atoms with E-state index >= 15 is 0 Å². The molecule has 0 fully saturated rings. The number of amides is 1. The molecule has 21 heavy (non-hydrogen) atoms. The maximum Gasteiger partial charge on any atom is 0.272 e. The molecule has 3 rings (SSSR count). The van der Waals surface area contributed by atoms with Crippen molar-refractivity contribution in [3.63, 3.8) is 0 Å². The predicted molar refractivity (Wildman–Crippen MR) is 80.6 cm³/mol. The van der Waals surface area contributed by atoms with Crippen LogP contribution in [-0.2, 0) is 0 Å². The highest BCUT2D eigenvalue weighted by Gasteiger charge is 2.23. The molecule has 0 radical (unpaired) electrons. The number of nitrogens with one attached hydrogen (secondary N) is 1. The average molecular weight is 283 g/mol. The van der Waals surface area contributed by atoms with E-state index in [1.54, 1.807) is 26.4 Å². The van der Waals surface area contributed by atoms with Crippen LogP contribution in [0.15, 0.2) is 42.6 Å². The second-order valence-electron chi connectivity index (χ2n) is 5.18. The largest absolute Gasteiger partial charge is 0.491 e. The van der Waals surface area contributed by atoms with Gasteiger partial charge in [0.2, 0.25) is 0 Å². The van der Waals surface area contributed by atoms with Gasteiger partial charge in [0.1, 0.15) is 18.1 Å². The van der Waals surface area contributed by atoms with E-state index in [0.29, 0.717) is 12.3 Å². The Morgan fingerprint density at radius 2 is 2.14 bits per heavy atom. The van der Waals surface area contributed by atoms with Crippen molar-refractivity contribution in [3.8, 4) is 5.75 Å². The summed E-state index contributed by atoms with van der Waals surface area (Å²) < 4.78 is 5.65. The van der Waals surface area contributed by atoms with Gasteiger partial charge in [0.15, 0.2) is 0 Å². The van der Waals surface area contributed by atoms with Gasteiger partial charge >= 0.3 is 0 Å². The van der Waals surface area contributed by atoms with Gasteiger partial charge in [0, 0.05) is 31.5 Å². The van der Waals surface area contributed by atoms with Crippen LogP contribution in [0.2, 0.25) is 0 Å². The van der Waals surface area contributed by atoms with E-state index in [-0.39, 0.29) is 11.9 Å². The molecule has 2 heterocycles. The number of anilines is 1. The van der Waals surface area contributed by atoms with E-state index in [9.17, 15) is 4.79 Å². The molecule has 5 nitrogen and oxygen atoms in total. The summed E-state index contributed by atoms with van der Waals surface area (Å²) in [5, 5.41) is 3.40. The van der Waals surface area contributed by atoms with Crippen molar-refractivity contribution in [3.05, 3.63) is 53.9 Å². The molecule has 5 heteroatoms. The molecule has 1 unspecified atom stereocenters. The van der Waals surface area contributed by atoms with Crippen molar-refractivity contribution in [1.29, 1.82) is 0 Å². The van der Waals surface area contributed by atoms with Crippen LogP contribution in [0.3, 0.4) is 0 Å². The van der Waals surface area contributed by atoms with E-state index < -0.39 is 0 Å². The molecular formula is C16H17N3O2. The van der Waals surface area contributed by atoms with E-state index in [2.05, 4.69) is 10.3 Å². The van der Waals surface area contributed by atoms with Gasteiger partial charge in [-0.15, -0.1) is 0 Å². The zero-order valence-electron chi connectivity index (χ0n) is 12.0. The van der Waals surface area contributed by atoms with Crippen molar-refractivity contribution >= 4 is 11.6 Å². The number of carbonyl (C=O) groups is 1. The van der Waals surface area contributed by atoms with Crippen molar-refractivity contribution < 1.29 is 9.53 Å². The SMILES string of the molecule is CN(C)C(=O)c1cc(NC2COc3ccccc32)ccn1. The van der Waals surface area contributed by atoms with Crippen LogP contribution in [0.4, 0.5) is 5.69 Å². The number of benzene rings is 1. The fourth-order valence-electron chi connectivity index (χ4n) is 2.35. The first-order valence-corrected chi connectivity index (χ1v) is 6.81. The Morgan fingerprint density at radius 3 is 2.95 bits per heavy atom. The Kier molecular flexibility index (Phi) is 3.48. The Bertz CT molecular complexity index is 670. The van der Waals surface area contributed by atoms with Crippen LogP contribution >= 0.6 is 0 Å². The fourth-order valence-corrected chi connectivity index (χ4v) is 2.35. The number of nitrogens with zero attached hydrogens (tertiary/aromatic N) is 2. The average Bonchev–Trinajstić information content (AvgIpc) is 2.90. The molecule has 1 aromatic carbocycles. The highest BCUT2D eigenvalue weighted by molar-refractivity contribution is 5.92. The molecule has 0 saturated heterocycles. The summed E-state index contributed by atoms with van der Waals surface area (Å²) in [6, 6.07) is 11.7. The molecule has 1 aromatic heterocycles. The summed E-state index contributed by atoms with van der Waals surface area (Å²) >= 11 is 0. The number of para-hydroxylation sites is 1. The van der Waals surface area contributed by atoms with Crippen LogP contribution in [0, 0.1) is 0 Å². The van der Waals surface area contributed by atoms with Gasteiger partial charge in [-0.3, -0.25) is 9.78 Å². The third-order valence-electron chi connectivity index (χ3n) is 3.43. The Labute approximate surface area is 123 Å². The van der Waals surface area contributed by atoms with Gasteiger partial charge in [-0.1, -0.05) is 18.2 Å². The summed E-state index contributed by atoms with van der Waals surface area (Å²) in [4.78, 5) is 17.6. The maximum atomic E-state index is 11.9. The molecule has 1 aliphatic rings. The molecule has 0 bridgehead atoms. The van der Waals surface area contributed by atoms with Crippen LogP contribution in [0.1, 0.15) is 22.1 Å². The number of hydrogen-bond acceptors (Lipinski definition) is 4. The molecule has 2 aromatic rings. The zero-order valence-corrected chi connectivity index (χ0v) is 12.0.